The molecule has 0 aliphatic heterocycles. The Kier molecular flexibility index (Phi) is 2.32. The van der Waals surface area contributed by atoms with Crippen molar-refractivity contribution in [2.45, 2.75) is 0 Å². The number of benzene rings is 2. The van der Waals surface area contributed by atoms with E-state index >= 15 is 0 Å². The normalized spacial score (nSPS) is 11.2. The maximum Gasteiger partial charge on any atom is 0.143 e. The van der Waals surface area contributed by atoms with Crippen LogP contribution in [-0.2, 0) is 0 Å². The zero-order valence-electron chi connectivity index (χ0n) is 10.1. The van der Waals surface area contributed by atoms with Gasteiger partial charge in [0.1, 0.15) is 10.3 Å². The number of hydrogen-bond donors (Lipinski definition) is 0. The Balaban J connectivity index is 2.03. The number of hydrogen-bond acceptors (Lipinski definition) is 3. The first-order valence-electron chi connectivity index (χ1n) is 6.11. The zero-order valence-corrected chi connectivity index (χ0v) is 10.9. The lowest BCUT2D eigenvalue weighted by Crippen LogP contribution is -1.85. The maximum atomic E-state index is 4.78. The van der Waals surface area contributed by atoms with Crippen molar-refractivity contribution in [2.75, 3.05) is 0 Å². The fourth-order valence-corrected chi connectivity index (χ4v) is 3.22. The van der Waals surface area contributed by atoms with Crippen LogP contribution in [0.15, 0.2) is 60.8 Å². The van der Waals surface area contributed by atoms with Gasteiger partial charge >= 0.3 is 0 Å². The number of rotatable bonds is 1. The largest absolute Gasteiger partial charge is 0.243 e. The molecule has 0 unspecified atom stereocenters. The van der Waals surface area contributed by atoms with Gasteiger partial charge in [-0.1, -0.05) is 48.5 Å². The first-order chi connectivity index (χ1) is 9.42. The van der Waals surface area contributed by atoms with Gasteiger partial charge in [-0.25, -0.2) is 9.97 Å². The number of fused-ring (bicyclic) bond motifs is 3. The average Bonchev–Trinajstić information content (AvgIpc) is 2.86. The summed E-state index contributed by atoms with van der Waals surface area (Å²) in [6, 6.07) is 18.5. The summed E-state index contributed by atoms with van der Waals surface area (Å²) in [4.78, 5) is 10.3. The predicted octanol–water partition coefficient (Wildman–Crippen LogP) is 4.51. The van der Waals surface area contributed by atoms with Crippen LogP contribution >= 0.6 is 11.3 Å². The second kappa shape index (κ2) is 4.14. The van der Waals surface area contributed by atoms with Gasteiger partial charge in [0, 0.05) is 15.6 Å². The van der Waals surface area contributed by atoms with Crippen molar-refractivity contribution in [3.63, 3.8) is 0 Å². The summed E-state index contributed by atoms with van der Waals surface area (Å²) in [5.74, 6) is 0. The Morgan fingerprint density at radius 2 is 1.63 bits per heavy atom. The molecule has 0 amide bonds. The minimum atomic E-state index is 0.927. The number of thiophene rings is 1. The Morgan fingerprint density at radius 3 is 2.53 bits per heavy atom. The van der Waals surface area contributed by atoms with E-state index in [9.17, 15) is 0 Å². The molecule has 2 aromatic carbocycles. The molecule has 19 heavy (non-hydrogen) atoms. The average molecular weight is 262 g/mol. The molecule has 0 N–H and O–H groups in total. The Labute approximate surface area is 114 Å². The lowest BCUT2D eigenvalue weighted by Gasteiger charge is -1.99. The van der Waals surface area contributed by atoms with Crippen LogP contribution in [0.25, 0.3) is 31.7 Å². The van der Waals surface area contributed by atoms with Crippen molar-refractivity contribution in [1.82, 2.24) is 9.97 Å². The summed E-state index contributed by atoms with van der Waals surface area (Å²) < 4.78 is 1.24. The SMILES string of the molecule is c1ccc(-c2cnc3sc4ccccc4c3n2)cc1. The third kappa shape index (κ3) is 1.71. The minimum Gasteiger partial charge on any atom is -0.243 e. The molecule has 2 heterocycles. The summed E-state index contributed by atoms with van der Waals surface area (Å²) in [7, 11) is 0. The van der Waals surface area contributed by atoms with Gasteiger partial charge in [-0.05, 0) is 6.07 Å². The van der Waals surface area contributed by atoms with Crippen LogP contribution in [0, 0.1) is 0 Å². The van der Waals surface area contributed by atoms with Gasteiger partial charge in [-0.2, -0.15) is 0 Å². The fraction of sp³-hybridized carbons (Fsp3) is 0. The van der Waals surface area contributed by atoms with Crippen molar-refractivity contribution >= 4 is 31.8 Å². The van der Waals surface area contributed by atoms with Crippen molar-refractivity contribution in [2.24, 2.45) is 0 Å². The maximum absolute atomic E-state index is 4.78. The van der Waals surface area contributed by atoms with Gasteiger partial charge in [-0.15, -0.1) is 11.3 Å². The van der Waals surface area contributed by atoms with E-state index in [1.165, 1.54) is 10.1 Å². The molecule has 0 aliphatic carbocycles. The first kappa shape index (κ1) is 10.6. The predicted molar refractivity (Wildman–Crippen MR) is 80.4 cm³/mol. The number of nitrogens with zero attached hydrogens (tertiary/aromatic N) is 2. The van der Waals surface area contributed by atoms with Gasteiger partial charge in [0.25, 0.3) is 0 Å². The molecule has 0 fully saturated rings. The Bertz CT molecular complexity index is 866. The Hall–Kier alpha value is -2.26. The highest BCUT2D eigenvalue weighted by atomic mass is 32.1. The summed E-state index contributed by atoms with van der Waals surface area (Å²) >= 11 is 1.69. The van der Waals surface area contributed by atoms with Crippen LogP contribution in [0.2, 0.25) is 0 Å². The van der Waals surface area contributed by atoms with E-state index in [4.69, 9.17) is 4.98 Å². The molecule has 0 bridgehead atoms. The molecule has 0 spiro atoms. The molecular weight excluding hydrogens is 252 g/mol. The first-order valence-corrected chi connectivity index (χ1v) is 6.93. The highest BCUT2D eigenvalue weighted by Gasteiger charge is 2.08. The van der Waals surface area contributed by atoms with Crippen molar-refractivity contribution in [1.29, 1.82) is 0 Å². The van der Waals surface area contributed by atoms with Gasteiger partial charge < -0.3 is 0 Å². The van der Waals surface area contributed by atoms with Gasteiger partial charge in [-0.3, -0.25) is 0 Å². The van der Waals surface area contributed by atoms with Crippen LogP contribution in [0.1, 0.15) is 0 Å². The van der Waals surface area contributed by atoms with E-state index in [1.807, 2.05) is 30.5 Å². The third-order valence-corrected chi connectivity index (χ3v) is 4.23. The molecular formula is C16H10N2S. The number of aromatic nitrogens is 2. The van der Waals surface area contributed by atoms with Crippen LogP contribution in [0.3, 0.4) is 0 Å². The summed E-state index contributed by atoms with van der Waals surface area (Å²) in [6.07, 6.45) is 1.85. The fourth-order valence-electron chi connectivity index (χ4n) is 2.23. The van der Waals surface area contributed by atoms with E-state index in [2.05, 4.69) is 35.3 Å². The topological polar surface area (TPSA) is 25.8 Å². The van der Waals surface area contributed by atoms with Gasteiger partial charge in [0.05, 0.1) is 11.9 Å². The van der Waals surface area contributed by atoms with Crippen LogP contribution in [-0.4, -0.2) is 9.97 Å². The molecule has 4 rings (SSSR count). The summed E-state index contributed by atoms with van der Waals surface area (Å²) in [5.41, 5.74) is 3.03. The van der Waals surface area contributed by atoms with Crippen LogP contribution in [0.5, 0.6) is 0 Å². The quantitative estimate of drug-likeness (QED) is 0.504. The highest BCUT2D eigenvalue weighted by molar-refractivity contribution is 7.25. The molecule has 0 saturated carbocycles. The summed E-state index contributed by atoms with van der Waals surface area (Å²) in [6.45, 7) is 0. The molecule has 0 atom stereocenters. The lowest BCUT2D eigenvalue weighted by molar-refractivity contribution is 1.32. The van der Waals surface area contributed by atoms with Crippen LogP contribution < -0.4 is 0 Å². The van der Waals surface area contributed by atoms with E-state index < -0.39 is 0 Å². The standard InChI is InChI=1S/C16H10N2S/c1-2-6-11(7-3-1)13-10-17-16-15(18-13)12-8-4-5-9-14(12)19-16/h1-10H. The molecule has 2 aromatic heterocycles. The molecule has 2 nitrogen and oxygen atoms in total. The minimum absolute atomic E-state index is 0.927. The Morgan fingerprint density at radius 1 is 0.842 bits per heavy atom. The van der Waals surface area contributed by atoms with E-state index in [0.29, 0.717) is 0 Å². The highest BCUT2D eigenvalue weighted by Crippen LogP contribution is 2.32. The molecule has 0 radical (unpaired) electrons. The van der Waals surface area contributed by atoms with Gasteiger partial charge in [0.2, 0.25) is 0 Å². The molecule has 90 valence electrons. The lowest BCUT2D eigenvalue weighted by atomic mass is 10.1. The van der Waals surface area contributed by atoms with Crippen LogP contribution in [0.4, 0.5) is 0 Å². The van der Waals surface area contributed by atoms with E-state index in [1.54, 1.807) is 11.3 Å². The van der Waals surface area contributed by atoms with E-state index in [0.717, 1.165) is 21.6 Å². The second-order valence-corrected chi connectivity index (χ2v) is 5.40. The van der Waals surface area contributed by atoms with E-state index in [-0.39, 0.29) is 0 Å². The molecule has 4 aromatic rings. The molecule has 3 heteroatoms. The zero-order chi connectivity index (χ0) is 12.7. The molecule has 0 saturated heterocycles. The second-order valence-electron chi connectivity index (χ2n) is 4.37. The monoisotopic (exact) mass is 262 g/mol. The smallest absolute Gasteiger partial charge is 0.143 e. The molecule has 0 aliphatic rings. The van der Waals surface area contributed by atoms with Gasteiger partial charge in [0.15, 0.2) is 0 Å². The van der Waals surface area contributed by atoms with Crippen molar-refractivity contribution in [3.05, 3.63) is 60.8 Å². The van der Waals surface area contributed by atoms with Crippen molar-refractivity contribution in [3.8, 4) is 11.3 Å². The summed E-state index contributed by atoms with van der Waals surface area (Å²) in [5, 5.41) is 1.19. The van der Waals surface area contributed by atoms with Crippen molar-refractivity contribution < 1.29 is 0 Å². The third-order valence-electron chi connectivity index (χ3n) is 3.16.